The van der Waals surface area contributed by atoms with E-state index in [1.807, 2.05) is 19.0 Å². The normalized spacial score (nSPS) is 10.6. The Kier molecular flexibility index (Phi) is 6.02. The molecule has 0 fully saturated rings. The molecule has 25 heavy (non-hydrogen) atoms. The van der Waals surface area contributed by atoms with Crippen LogP contribution in [0.5, 0.6) is 0 Å². The van der Waals surface area contributed by atoms with Crippen molar-refractivity contribution in [2.24, 2.45) is 7.05 Å². The van der Waals surface area contributed by atoms with Crippen molar-refractivity contribution in [1.82, 2.24) is 19.8 Å². The van der Waals surface area contributed by atoms with Gasteiger partial charge in [0.25, 0.3) is 0 Å². The zero-order valence-corrected chi connectivity index (χ0v) is 14.4. The number of carbonyl (C=O) groups excluding carboxylic acids is 3. The van der Waals surface area contributed by atoms with E-state index in [0.29, 0.717) is 30.2 Å². The highest BCUT2D eigenvalue weighted by atomic mass is 16.2. The summed E-state index contributed by atoms with van der Waals surface area (Å²) < 4.78 is 1.64. The summed E-state index contributed by atoms with van der Waals surface area (Å²) in [6.45, 7) is 1.03. The Labute approximate surface area is 145 Å². The van der Waals surface area contributed by atoms with E-state index >= 15 is 0 Å². The van der Waals surface area contributed by atoms with E-state index in [2.05, 4.69) is 15.6 Å². The van der Waals surface area contributed by atoms with Gasteiger partial charge in [0.05, 0.1) is 0 Å². The quantitative estimate of drug-likeness (QED) is 0.580. The molecule has 2 aromatic rings. The summed E-state index contributed by atoms with van der Waals surface area (Å²) in [5, 5.41) is 5.03. The molecule has 1 heterocycles. The van der Waals surface area contributed by atoms with Gasteiger partial charge in [-0.05, 0) is 38.4 Å². The molecule has 1 aromatic carbocycles. The van der Waals surface area contributed by atoms with E-state index in [-0.39, 0.29) is 5.78 Å². The molecule has 0 aliphatic rings. The third kappa shape index (κ3) is 4.98. The van der Waals surface area contributed by atoms with Crippen LogP contribution in [0, 0.1) is 0 Å². The lowest BCUT2D eigenvalue weighted by atomic mass is 10.1. The molecular weight excluding hydrogens is 322 g/mol. The van der Waals surface area contributed by atoms with Gasteiger partial charge in [-0.2, -0.15) is 0 Å². The molecule has 0 unspecified atom stereocenters. The molecule has 0 bridgehead atoms. The van der Waals surface area contributed by atoms with Gasteiger partial charge in [0.15, 0.2) is 5.82 Å². The second kappa shape index (κ2) is 8.20. The predicted molar refractivity (Wildman–Crippen MR) is 93.3 cm³/mol. The Hall–Kier alpha value is -3.00. The molecule has 2 amide bonds. The fourth-order valence-electron chi connectivity index (χ4n) is 2.08. The molecule has 1 aromatic heterocycles. The molecule has 8 nitrogen and oxygen atoms in total. The van der Waals surface area contributed by atoms with Crippen molar-refractivity contribution in [3.8, 4) is 0 Å². The molecule has 132 valence electrons. The van der Waals surface area contributed by atoms with Crippen LogP contribution < -0.4 is 10.6 Å². The van der Waals surface area contributed by atoms with Gasteiger partial charge in [0.1, 0.15) is 0 Å². The summed E-state index contributed by atoms with van der Waals surface area (Å²) in [4.78, 5) is 41.7. The Morgan fingerprint density at radius 2 is 1.80 bits per heavy atom. The lowest BCUT2D eigenvalue weighted by Gasteiger charge is -2.10. The summed E-state index contributed by atoms with van der Waals surface area (Å²) in [7, 11) is 5.49. The first-order valence-corrected chi connectivity index (χ1v) is 7.74. The molecule has 0 saturated carbocycles. The minimum absolute atomic E-state index is 0.216. The highest BCUT2D eigenvalue weighted by Crippen LogP contribution is 2.12. The average Bonchev–Trinajstić information content (AvgIpc) is 3.00. The van der Waals surface area contributed by atoms with Crippen LogP contribution in [0.1, 0.15) is 16.2 Å². The minimum atomic E-state index is -0.748. The minimum Gasteiger partial charge on any atom is -0.347 e. The Bertz CT molecular complexity index is 765. The largest absolute Gasteiger partial charge is 0.347 e. The van der Waals surface area contributed by atoms with Crippen molar-refractivity contribution in [3.05, 3.63) is 48.0 Å². The Balaban J connectivity index is 1.94. The molecule has 0 radical (unpaired) electrons. The summed E-state index contributed by atoms with van der Waals surface area (Å²) in [6.07, 6.45) is 3.24. The first kappa shape index (κ1) is 18.3. The monoisotopic (exact) mass is 343 g/mol. The van der Waals surface area contributed by atoms with E-state index < -0.39 is 11.8 Å². The fraction of sp³-hybridized carbons (Fsp3) is 0.294. The Morgan fingerprint density at radius 1 is 1.12 bits per heavy atom. The third-order valence-corrected chi connectivity index (χ3v) is 3.48. The van der Waals surface area contributed by atoms with Gasteiger partial charge in [0.2, 0.25) is 5.78 Å². The number of hydrogen-bond acceptors (Lipinski definition) is 5. The van der Waals surface area contributed by atoms with Crippen LogP contribution in [-0.2, 0) is 16.6 Å². The number of rotatable bonds is 6. The van der Waals surface area contributed by atoms with Gasteiger partial charge in [-0.15, -0.1) is 0 Å². The number of nitrogens with one attached hydrogen (secondary N) is 2. The van der Waals surface area contributed by atoms with E-state index in [1.54, 1.807) is 48.3 Å². The number of ketones is 1. The predicted octanol–water partition coefficient (Wildman–Crippen LogP) is 0.267. The van der Waals surface area contributed by atoms with Gasteiger partial charge in [-0.25, -0.2) is 4.98 Å². The molecule has 0 saturated heterocycles. The lowest BCUT2D eigenvalue weighted by Crippen LogP contribution is -2.38. The van der Waals surface area contributed by atoms with Gasteiger partial charge in [-0.3, -0.25) is 14.4 Å². The van der Waals surface area contributed by atoms with Crippen molar-refractivity contribution in [1.29, 1.82) is 0 Å². The van der Waals surface area contributed by atoms with Crippen molar-refractivity contribution < 1.29 is 14.4 Å². The number of carbonyl (C=O) groups is 3. The van der Waals surface area contributed by atoms with E-state index in [9.17, 15) is 14.4 Å². The van der Waals surface area contributed by atoms with E-state index in [4.69, 9.17) is 0 Å². The average molecular weight is 343 g/mol. The zero-order chi connectivity index (χ0) is 18.4. The van der Waals surface area contributed by atoms with Crippen LogP contribution in [0.3, 0.4) is 0 Å². The summed E-state index contributed by atoms with van der Waals surface area (Å²) in [5.41, 5.74) is 0.881. The number of benzene rings is 1. The van der Waals surface area contributed by atoms with E-state index in [0.717, 1.165) is 0 Å². The first-order chi connectivity index (χ1) is 11.9. The molecule has 0 atom stereocenters. The van der Waals surface area contributed by atoms with Crippen molar-refractivity contribution in [3.63, 3.8) is 0 Å². The van der Waals surface area contributed by atoms with Gasteiger partial charge in [-0.1, -0.05) is 0 Å². The lowest BCUT2D eigenvalue weighted by molar-refractivity contribution is -0.136. The third-order valence-electron chi connectivity index (χ3n) is 3.48. The van der Waals surface area contributed by atoms with E-state index in [1.165, 1.54) is 0 Å². The van der Waals surface area contributed by atoms with Gasteiger partial charge >= 0.3 is 11.8 Å². The highest BCUT2D eigenvalue weighted by Gasteiger charge is 2.15. The number of aryl methyl sites for hydroxylation is 1. The zero-order valence-electron chi connectivity index (χ0n) is 14.4. The molecule has 0 aliphatic heterocycles. The number of hydrogen-bond donors (Lipinski definition) is 2. The molecule has 8 heteroatoms. The molecule has 0 spiro atoms. The summed E-state index contributed by atoms with van der Waals surface area (Å²) >= 11 is 0. The van der Waals surface area contributed by atoms with Crippen LogP contribution >= 0.6 is 0 Å². The van der Waals surface area contributed by atoms with Gasteiger partial charge < -0.3 is 20.1 Å². The highest BCUT2D eigenvalue weighted by molar-refractivity contribution is 6.39. The Morgan fingerprint density at radius 3 is 2.36 bits per heavy atom. The standard InChI is InChI=1S/C17H21N5O3/c1-21(2)10-8-19-16(24)17(25)20-13-6-4-12(5-7-13)14(23)15-18-9-11-22(15)3/h4-7,9,11H,8,10H2,1-3H3,(H,19,24)(H,20,25). The number of anilines is 1. The molecule has 2 N–H and O–H groups in total. The smallest absolute Gasteiger partial charge is 0.313 e. The number of aromatic nitrogens is 2. The molecule has 0 aliphatic carbocycles. The maximum Gasteiger partial charge on any atom is 0.313 e. The SMILES string of the molecule is CN(C)CCNC(=O)C(=O)Nc1ccc(C(=O)c2nccn2C)cc1. The van der Waals surface area contributed by atoms with Crippen LogP contribution in [0.4, 0.5) is 5.69 Å². The topological polar surface area (TPSA) is 96.3 Å². The van der Waals surface area contributed by atoms with Crippen LogP contribution in [-0.4, -0.2) is 59.2 Å². The fourth-order valence-corrected chi connectivity index (χ4v) is 2.08. The summed E-state index contributed by atoms with van der Waals surface area (Å²) in [5.74, 6) is -1.33. The summed E-state index contributed by atoms with van der Waals surface area (Å²) in [6, 6.07) is 6.30. The first-order valence-electron chi connectivity index (χ1n) is 7.74. The van der Waals surface area contributed by atoms with Crippen molar-refractivity contribution in [2.45, 2.75) is 0 Å². The van der Waals surface area contributed by atoms with Crippen LogP contribution in [0.2, 0.25) is 0 Å². The van der Waals surface area contributed by atoms with Gasteiger partial charge in [0, 0.05) is 43.8 Å². The maximum atomic E-state index is 12.3. The van der Waals surface area contributed by atoms with Crippen molar-refractivity contribution in [2.75, 3.05) is 32.5 Å². The molecule has 2 rings (SSSR count). The number of nitrogens with zero attached hydrogens (tertiary/aromatic N) is 3. The number of likely N-dealkylation sites (N-methyl/N-ethyl adjacent to an activating group) is 1. The maximum absolute atomic E-state index is 12.3. The van der Waals surface area contributed by atoms with Crippen LogP contribution in [0.25, 0.3) is 0 Å². The van der Waals surface area contributed by atoms with Crippen LogP contribution in [0.15, 0.2) is 36.7 Å². The number of imidazole rings is 1. The molecular formula is C17H21N5O3. The number of amides is 2. The second-order valence-corrected chi connectivity index (χ2v) is 5.78. The second-order valence-electron chi connectivity index (χ2n) is 5.78. The van der Waals surface area contributed by atoms with Crippen molar-refractivity contribution >= 4 is 23.3 Å².